The van der Waals surface area contributed by atoms with Crippen molar-refractivity contribution in [2.24, 2.45) is 0 Å². The summed E-state index contributed by atoms with van der Waals surface area (Å²) in [6, 6.07) is 20.9. The molecular weight excluding hydrogens is 488 g/mol. The van der Waals surface area contributed by atoms with Gasteiger partial charge in [0.15, 0.2) is 0 Å². The van der Waals surface area contributed by atoms with Crippen LogP contribution in [0.5, 0.6) is 23.0 Å². The van der Waals surface area contributed by atoms with Crippen molar-refractivity contribution >= 4 is 5.97 Å². The van der Waals surface area contributed by atoms with E-state index in [0.29, 0.717) is 18.8 Å². The molecule has 39 heavy (non-hydrogen) atoms. The van der Waals surface area contributed by atoms with Crippen molar-refractivity contribution < 1.29 is 24.1 Å². The number of rotatable bonds is 15. The molecule has 5 nitrogen and oxygen atoms in total. The normalized spacial score (nSPS) is 14.3. The molecule has 3 aromatic rings. The number of hydrogen-bond donors (Lipinski definition) is 1. The van der Waals surface area contributed by atoms with Gasteiger partial charge in [-0.05, 0) is 48.6 Å². The van der Waals surface area contributed by atoms with Gasteiger partial charge in [0.2, 0.25) is 0 Å². The first-order valence-electron chi connectivity index (χ1n) is 14.6. The molecule has 0 aliphatic carbocycles. The molecule has 1 atom stereocenters. The lowest BCUT2D eigenvalue weighted by atomic mass is 9.96. The molecule has 0 aromatic heterocycles. The average Bonchev–Trinajstić information content (AvgIpc) is 2.95. The second kappa shape index (κ2) is 15.2. The van der Waals surface area contributed by atoms with Crippen molar-refractivity contribution in [2.75, 3.05) is 0 Å². The maximum atomic E-state index is 12.6. The van der Waals surface area contributed by atoms with Crippen molar-refractivity contribution in [3.8, 4) is 23.0 Å². The highest BCUT2D eigenvalue weighted by atomic mass is 16.5. The van der Waals surface area contributed by atoms with Crippen molar-refractivity contribution in [2.45, 2.75) is 96.7 Å². The molecule has 208 valence electrons. The number of esters is 1. The first-order chi connectivity index (χ1) is 19.1. The van der Waals surface area contributed by atoms with E-state index in [4.69, 9.17) is 14.2 Å². The Labute approximate surface area is 233 Å². The second-order valence-corrected chi connectivity index (χ2v) is 10.5. The van der Waals surface area contributed by atoms with E-state index in [1.54, 1.807) is 12.1 Å². The molecule has 1 aliphatic rings. The average molecular weight is 531 g/mol. The zero-order valence-corrected chi connectivity index (χ0v) is 23.2. The predicted octanol–water partition coefficient (Wildman–Crippen LogP) is 8.86. The maximum absolute atomic E-state index is 12.6. The maximum Gasteiger partial charge on any atom is 0.311 e. The first kappa shape index (κ1) is 28.5. The third-order valence-corrected chi connectivity index (χ3v) is 7.28. The van der Waals surface area contributed by atoms with Gasteiger partial charge in [-0.15, -0.1) is 0 Å². The van der Waals surface area contributed by atoms with Crippen LogP contribution in [-0.2, 0) is 17.8 Å². The zero-order chi connectivity index (χ0) is 27.3. The topological polar surface area (TPSA) is 65.0 Å². The van der Waals surface area contributed by atoms with E-state index in [1.165, 1.54) is 44.6 Å². The Morgan fingerprint density at radius 1 is 0.897 bits per heavy atom. The third-order valence-electron chi connectivity index (χ3n) is 7.28. The summed E-state index contributed by atoms with van der Waals surface area (Å²) in [6.07, 6.45) is 12.4. The molecule has 3 aromatic carbocycles. The van der Waals surface area contributed by atoms with Crippen molar-refractivity contribution in [3.63, 3.8) is 0 Å². The van der Waals surface area contributed by atoms with Crippen LogP contribution >= 0.6 is 0 Å². The van der Waals surface area contributed by atoms with E-state index in [-0.39, 0.29) is 17.8 Å². The van der Waals surface area contributed by atoms with E-state index in [9.17, 15) is 9.90 Å². The molecule has 0 amide bonds. The lowest BCUT2D eigenvalue weighted by molar-refractivity contribution is -0.134. The summed E-state index contributed by atoms with van der Waals surface area (Å²) in [5, 5.41) is 10.1. The number of hydrogen-bond acceptors (Lipinski definition) is 5. The Kier molecular flexibility index (Phi) is 11.1. The fourth-order valence-corrected chi connectivity index (χ4v) is 5.03. The summed E-state index contributed by atoms with van der Waals surface area (Å²) >= 11 is 0. The number of fused-ring (bicyclic) bond motifs is 1. The summed E-state index contributed by atoms with van der Waals surface area (Å²) in [4.78, 5) is 12.6. The van der Waals surface area contributed by atoms with Crippen LogP contribution in [0.1, 0.15) is 100 Å². The van der Waals surface area contributed by atoms with E-state index in [2.05, 4.69) is 13.0 Å². The molecule has 1 heterocycles. The quantitative estimate of drug-likeness (QED) is 0.121. The Balaban J connectivity index is 1.30. The number of benzene rings is 3. The van der Waals surface area contributed by atoms with Crippen LogP contribution in [0, 0.1) is 0 Å². The zero-order valence-electron chi connectivity index (χ0n) is 23.2. The van der Waals surface area contributed by atoms with E-state index in [0.717, 1.165) is 60.3 Å². The van der Waals surface area contributed by atoms with Gasteiger partial charge in [0.1, 0.15) is 35.7 Å². The van der Waals surface area contributed by atoms with Gasteiger partial charge in [0.25, 0.3) is 0 Å². The van der Waals surface area contributed by atoms with Gasteiger partial charge in [-0.3, -0.25) is 4.79 Å². The summed E-state index contributed by atoms with van der Waals surface area (Å²) in [5.74, 6) is 1.70. The van der Waals surface area contributed by atoms with Crippen LogP contribution in [0.3, 0.4) is 0 Å². The number of ether oxygens (including phenoxy) is 3. The summed E-state index contributed by atoms with van der Waals surface area (Å²) in [5.41, 5.74) is 3.00. The molecule has 0 saturated heterocycles. The SMILES string of the molecule is CCCCCCCCCCCC(=O)Oc1cc(O)ccc1C1CCc2ccc(OCc3ccccc3)cc2O1. The minimum atomic E-state index is -0.280. The van der Waals surface area contributed by atoms with Gasteiger partial charge in [0.05, 0.1) is 0 Å². The van der Waals surface area contributed by atoms with Crippen LogP contribution in [0.2, 0.25) is 0 Å². The molecule has 0 spiro atoms. The van der Waals surface area contributed by atoms with Crippen molar-refractivity contribution in [1.29, 1.82) is 0 Å². The summed E-state index contributed by atoms with van der Waals surface area (Å²) < 4.78 is 18.1. The molecule has 0 fully saturated rings. The number of carbonyl (C=O) groups excluding carboxylic acids is 1. The Hall–Kier alpha value is -3.47. The molecule has 0 saturated carbocycles. The number of unbranched alkanes of at least 4 members (excludes halogenated alkanes) is 8. The largest absolute Gasteiger partial charge is 0.508 e. The summed E-state index contributed by atoms with van der Waals surface area (Å²) in [6.45, 7) is 2.72. The minimum absolute atomic E-state index is 0.0671. The van der Waals surface area contributed by atoms with Gasteiger partial charge >= 0.3 is 5.97 Å². The van der Waals surface area contributed by atoms with Gasteiger partial charge < -0.3 is 19.3 Å². The Morgan fingerprint density at radius 2 is 1.64 bits per heavy atom. The van der Waals surface area contributed by atoms with Gasteiger partial charge in [-0.2, -0.15) is 0 Å². The molecule has 0 radical (unpaired) electrons. The highest BCUT2D eigenvalue weighted by molar-refractivity contribution is 5.73. The lowest BCUT2D eigenvalue weighted by Gasteiger charge is -2.28. The fourth-order valence-electron chi connectivity index (χ4n) is 5.03. The number of carbonyl (C=O) groups is 1. The smallest absolute Gasteiger partial charge is 0.311 e. The predicted molar refractivity (Wildman–Crippen MR) is 154 cm³/mol. The van der Waals surface area contributed by atoms with Gasteiger partial charge in [-0.1, -0.05) is 94.7 Å². The second-order valence-electron chi connectivity index (χ2n) is 10.5. The van der Waals surface area contributed by atoms with Crippen LogP contribution in [0.25, 0.3) is 0 Å². The lowest BCUT2D eigenvalue weighted by Crippen LogP contribution is -2.17. The van der Waals surface area contributed by atoms with E-state index >= 15 is 0 Å². The van der Waals surface area contributed by atoms with Crippen LogP contribution < -0.4 is 14.2 Å². The number of phenolic OH excluding ortho intramolecular Hbond substituents is 1. The first-order valence-corrected chi connectivity index (χ1v) is 14.6. The monoisotopic (exact) mass is 530 g/mol. The van der Waals surface area contributed by atoms with Gasteiger partial charge in [0, 0.05) is 24.1 Å². The van der Waals surface area contributed by atoms with E-state index < -0.39 is 0 Å². The number of aromatic hydroxyl groups is 1. The minimum Gasteiger partial charge on any atom is -0.508 e. The van der Waals surface area contributed by atoms with Crippen LogP contribution in [0.15, 0.2) is 66.7 Å². The highest BCUT2D eigenvalue weighted by Gasteiger charge is 2.26. The van der Waals surface area contributed by atoms with E-state index in [1.807, 2.05) is 42.5 Å². The van der Waals surface area contributed by atoms with Crippen molar-refractivity contribution in [3.05, 3.63) is 83.4 Å². The molecule has 1 N–H and O–H groups in total. The molecule has 1 unspecified atom stereocenters. The third kappa shape index (κ3) is 9.05. The van der Waals surface area contributed by atoms with Gasteiger partial charge in [-0.25, -0.2) is 0 Å². The molecule has 1 aliphatic heterocycles. The van der Waals surface area contributed by atoms with Crippen molar-refractivity contribution in [1.82, 2.24) is 0 Å². The standard InChI is InChI=1S/C34H42O5/c1-2-3-4-5-6-7-8-9-13-16-34(36)39-33-23-28(35)19-21-30(33)31-22-18-27-17-20-29(24-32(27)38-31)37-25-26-14-11-10-12-15-26/h10-12,14-15,17,19-21,23-24,31,35H,2-9,13,16,18,22,25H2,1H3. The number of aryl methyl sites for hydroxylation is 1. The van der Waals surface area contributed by atoms with Crippen LogP contribution in [0.4, 0.5) is 0 Å². The Morgan fingerprint density at radius 3 is 2.41 bits per heavy atom. The van der Waals surface area contributed by atoms with Crippen LogP contribution in [-0.4, -0.2) is 11.1 Å². The number of phenols is 1. The Bertz CT molecular complexity index is 1170. The fraction of sp³-hybridized carbons (Fsp3) is 0.441. The molecular formula is C34H42O5. The highest BCUT2D eigenvalue weighted by Crippen LogP contribution is 2.41. The summed E-state index contributed by atoms with van der Waals surface area (Å²) in [7, 11) is 0. The molecule has 5 heteroatoms. The molecule has 0 bridgehead atoms. The molecule has 4 rings (SSSR count).